The number of hydrogen-bond acceptors (Lipinski definition) is 4. The van der Waals surface area contributed by atoms with Gasteiger partial charge in [0.25, 0.3) is 0 Å². The van der Waals surface area contributed by atoms with E-state index in [0.717, 1.165) is 29.9 Å². The third-order valence-electron chi connectivity index (χ3n) is 4.44. The van der Waals surface area contributed by atoms with Gasteiger partial charge in [-0.05, 0) is 44.7 Å². The number of likely N-dealkylation sites (N-methyl/N-ethyl adjacent to an activating group) is 2. The zero-order chi connectivity index (χ0) is 18.7. The van der Waals surface area contributed by atoms with Crippen molar-refractivity contribution < 1.29 is 4.79 Å². The van der Waals surface area contributed by atoms with Crippen LogP contribution in [0.1, 0.15) is 11.6 Å². The minimum Gasteiger partial charge on any atom is -0.346 e. The number of hydrogen-bond donors (Lipinski definition) is 2. The lowest BCUT2D eigenvalue weighted by atomic mass is 10.1. The lowest BCUT2D eigenvalue weighted by molar-refractivity contribution is -0.118. The number of anilines is 1. The van der Waals surface area contributed by atoms with E-state index in [-0.39, 0.29) is 5.91 Å². The topological polar surface area (TPSA) is 67.1 Å². The van der Waals surface area contributed by atoms with Gasteiger partial charge in [-0.15, -0.1) is 0 Å². The monoisotopic (exact) mass is 354 g/mol. The molecule has 7 nitrogen and oxygen atoms in total. The van der Waals surface area contributed by atoms with Crippen LogP contribution in [0.4, 0.5) is 5.69 Å². The summed E-state index contributed by atoms with van der Waals surface area (Å²) in [5.74, 6) is -0.105. The Morgan fingerprint density at radius 3 is 2.77 bits per heavy atom. The maximum Gasteiger partial charge on any atom is 0.246 e. The molecule has 1 aromatic carbocycles. The minimum atomic E-state index is -0.445. The summed E-state index contributed by atoms with van der Waals surface area (Å²) in [6, 6.07) is 7.66. The molecule has 0 bridgehead atoms. The Morgan fingerprint density at radius 2 is 2.12 bits per heavy atom. The Hall–Kier alpha value is -2.64. The van der Waals surface area contributed by atoms with E-state index in [9.17, 15) is 4.79 Å². The fraction of sp³-hybridized carbons (Fsp3) is 0.368. The zero-order valence-corrected chi connectivity index (χ0v) is 15.7. The molecule has 7 heteroatoms. The fourth-order valence-electron chi connectivity index (χ4n) is 3.02. The van der Waals surface area contributed by atoms with E-state index < -0.39 is 6.04 Å². The van der Waals surface area contributed by atoms with E-state index in [2.05, 4.69) is 51.6 Å². The lowest BCUT2D eigenvalue weighted by Gasteiger charge is -2.15. The summed E-state index contributed by atoms with van der Waals surface area (Å²) in [5, 5.41) is 11.4. The number of carbonyl (C=O) groups is 1. The third kappa shape index (κ3) is 3.95. The Kier molecular flexibility index (Phi) is 5.39. The van der Waals surface area contributed by atoms with Crippen LogP contribution in [0.5, 0.6) is 0 Å². The fourth-order valence-corrected chi connectivity index (χ4v) is 3.02. The number of amides is 1. The largest absolute Gasteiger partial charge is 0.346 e. The van der Waals surface area contributed by atoms with E-state index in [0.29, 0.717) is 0 Å². The van der Waals surface area contributed by atoms with E-state index in [4.69, 9.17) is 0 Å². The van der Waals surface area contributed by atoms with Gasteiger partial charge in [-0.3, -0.25) is 9.48 Å². The average molecular weight is 354 g/mol. The second-order valence-electron chi connectivity index (χ2n) is 6.74. The third-order valence-corrected chi connectivity index (χ3v) is 4.44. The van der Waals surface area contributed by atoms with E-state index in [1.807, 2.05) is 31.4 Å². The second kappa shape index (κ2) is 7.72. The summed E-state index contributed by atoms with van der Waals surface area (Å²) in [4.78, 5) is 14.9. The van der Waals surface area contributed by atoms with Crippen molar-refractivity contribution in [3.05, 3.63) is 48.4 Å². The van der Waals surface area contributed by atoms with Gasteiger partial charge < -0.3 is 20.1 Å². The first kappa shape index (κ1) is 18.2. The first-order chi connectivity index (χ1) is 12.5. The molecule has 1 amide bonds. The van der Waals surface area contributed by atoms with Gasteiger partial charge >= 0.3 is 0 Å². The van der Waals surface area contributed by atoms with Gasteiger partial charge in [-0.2, -0.15) is 5.10 Å². The van der Waals surface area contributed by atoms with Crippen LogP contribution in [0.2, 0.25) is 0 Å². The van der Waals surface area contributed by atoms with E-state index >= 15 is 0 Å². The highest BCUT2D eigenvalue weighted by Gasteiger charge is 2.20. The summed E-state index contributed by atoms with van der Waals surface area (Å²) >= 11 is 0. The number of nitrogens with zero attached hydrogens (tertiary/aromatic N) is 4. The van der Waals surface area contributed by atoms with Gasteiger partial charge in [0.15, 0.2) is 0 Å². The number of benzene rings is 1. The number of rotatable bonds is 7. The molecular weight excluding hydrogens is 328 g/mol. The molecule has 2 aromatic heterocycles. The summed E-state index contributed by atoms with van der Waals surface area (Å²) in [6.07, 6.45) is 5.64. The van der Waals surface area contributed by atoms with Crippen molar-refractivity contribution in [2.75, 3.05) is 33.0 Å². The SMILES string of the molecule is CNC(C(=O)Nc1ccc2ccn(CCN(C)C)c2c1)c1cnn(C)c1. The summed E-state index contributed by atoms with van der Waals surface area (Å²) < 4.78 is 3.90. The van der Waals surface area contributed by atoms with Crippen molar-refractivity contribution in [1.82, 2.24) is 24.6 Å². The highest BCUT2D eigenvalue weighted by atomic mass is 16.2. The standard InChI is InChI=1S/C19H26N6O/c1-20-18(15-12-21-24(4)13-15)19(26)22-16-6-5-14-7-8-25(17(14)11-16)10-9-23(2)3/h5-8,11-13,18,20H,9-10H2,1-4H3,(H,22,26). The molecule has 0 saturated heterocycles. The Labute approximate surface area is 153 Å². The quantitative estimate of drug-likeness (QED) is 0.679. The molecule has 0 saturated carbocycles. The molecule has 26 heavy (non-hydrogen) atoms. The van der Waals surface area contributed by atoms with Crippen LogP contribution in [0.25, 0.3) is 10.9 Å². The normalized spacial score (nSPS) is 12.7. The molecule has 3 aromatic rings. The van der Waals surface area contributed by atoms with Gasteiger partial charge in [-0.1, -0.05) is 6.07 Å². The molecule has 0 aliphatic rings. The van der Waals surface area contributed by atoms with Crippen molar-refractivity contribution in [1.29, 1.82) is 0 Å². The number of fused-ring (bicyclic) bond motifs is 1. The van der Waals surface area contributed by atoms with Crippen LogP contribution in [0.15, 0.2) is 42.9 Å². The summed E-state index contributed by atoms with van der Waals surface area (Å²) in [5.41, 5.74) is 2.74. The molecule has 2 heterocycles. The van der Waals surface area contributed by atoms with Gasteiger partial charge in [-0.25, -0.2) is 0 Å². The molecule has 1 unspecified atom stereocenters. The molecule has 0 radical (unpaired) electrons. The molecule has 138 valence electrons. The van der Waals surface area contributed by atoms with Gasteiger partial charge in [0.1, 0.15) is 6.04 Å². The first-order valence-corrected chi connectivity index (χ1v) is 8.68. The number of carbonyl (C=O) groups excluding carboxylic acids is 1. The molecule has 0 fully saturated rings. The highest BCUT2D eigenvalue weighted by Crippen LogP contribution is 2.22. The van der Waals surface area contributed by atoms with Crippen molar-refractivity contribution in [3.8, 4) is 0 Å². The van der Waals surface area contributed by atoms with Crippen LogP contribution in [0.3, 0.4) is 0 Å². The van der Waals surface area contributed by atoms with Gasteiger partial charge in [0.05, 0.1) is 11.7 Å². The van der Waals surface area contributed by atoms with Crippen LogP contribution in [-0.2, 0) is 18.4 Å². The zero-order valence-electron chi connectivity index (χ0n) is 15.7. The highest BCUT2D eigenvalue weighted by molar-refractivity contribution is 5.97. The summed E-state index contributed by atoms with van der Waals surface area (Å²) in [7, 11) is 7.73. The van der Waals surface area contributed by atoms with Gasteiger partial charge in [0, 0.05) is 43.8 Å². The number of aromatic nitrogens is 3. The van der Waals surface area contributed by atoms with Crippen LogP contribution >= 0.6 is 0 Å². The minimum absolute atomic E-state index is 0.105. The second-order valence-corrected chi connectivity index (χ2v) is 6.74. The predicted molar refractivity (Wildman–Crippen MR) is 104 cm³/mol. The average Bonchev–Trinajstić information content (AvgIpc) is 3.20. The smallest absolute Gasteiger partial charge is 0.246 e. The number of nitrogens with one attached hydrogen (secondary N) is 2. The maximum atomic E-state index is 12.7. The molecule has 0 aliphatic heterocycles. The summed E-state index contributed by atoms with van der Waals surface area (Å²) in [6.45, 7) is 1.87. The van der Waals surface area contributed by atoms with Crippen molar-refractivity contribution in [2.24, 2.45) is 7.05 Å². The molecule has 3 rings (SSSR count). The maximum absolute atomic E-state index is 12.7. The van der Waals surface area contributed by atoms with Crippen molar-refractivity contribution in [3.63, 3.8) is 0 Å². The Bertz CT molecular complexity index is 894. The Morgan fingerprint density at radius 1 is 1.31 bits per heavy atom. The molecule has 0 spiro atoms. The van der Waals surface area contributed by atoms with Crippen molar-refractivity contribution in [2.45, 2.75) is 12.6 Å². The lowest BCUT2D eigenvalue weighted by Crippen LogP contribution is -2.30. The van der Waals surface area contributed by atoms with Crippen LogP contribution in [0, 0.1) is 0 Å². The predicted octanol–water partition coefficient (Wildman–Crippen LogP) is 1.84. The van der Waals surface area contributed by atoms with Crippen molar-refractivity contribution >= 4 is 22.5 Å². The van der Waals surface area contributed by atoms with Gasteiger partial charge in [0.2, 0.25) is 5.91 Å². The Balaban J connectivity index is 1.79. The molecular formula is C19H26N6O. The molecule has 0 aliphatic carbocycles. The van der Waals surface area contributed by atoms with E-state index in [1.165, 1.54) is 5.39 Å². The van der Waals surface area contributed by atoms with E-state index in [1.54, 1.807) is 17.9 Å². The number of aryl methyl sites for hydroxylation is 1. The van der Waals surface area contributed by atoms with Crippen LogP contribution in [-0.4, -0.2) is 52.8 Å². The molecule has 1 atom stereocenters. The molecule has 2 N–H and O–H groups in total. The van der Waals surface area contributed by atoms with Crippen LogP contribution < -0.4 is 10.6 Å². The first-order valence-electron chi connectivity index (χ1n) is 8.68.